The van der Waals surface area contributed by atoms with Gasteiger partial charge >= 0.3 is 0 Å². The summed E-state index contributed by atoms with van der Waals surface area (Å²) in [5, 5.41) is 4.02. The average molecular weight is 304 g/mol. The third-order valence-corrected chi connectivity index (χ3v) is 4.47. The van der Waals surface area contributed by atoms with Crippen LogP contribution >= 0.6 is 11.8 Å². The Morgan fingerprint density at radius 1 is 1.48 bits per heavy atom. The van der Waals surface area contributed by atoms with Crippen LogP contribution in [0.5, 0.6) is 0 Å². The molecule has 6 nitrogen and oxygen atoms in total. The largest absolute Gasteiger partial charge is 0.337 e. The van der Waals surface area contributed by atoms with Gasteiger partial charge in [0.05, 0.1) is 5.88 Å². The normalized spacial score (nSPS) is 18.2. The zero-order chi connectivity index (χ0) is 14.8. The standard InChI is InChI=1S/C14H16N4O2S/c1-9(19)18-8-21-7-12(18)14-16-13(17-20-14)11-4-2-10(6-15)3-5-11/h2-5,12H,6-8,15H2,1H3. The first-order valence-electron chi connectivity index (χ1n) is 6.67. The maximum Gasteiger partial charge on any atom is 0.250 e. The Bertz CT molecular complexity index is 641. The second-order valence-electron chi connectivity index (χ2n) is 4.86. The Balaban J connectivity index is 1.84. The molecular weight excluding hydrogens is 288 g/mol. The lowest BCUT2D eigenvalue weighted by atomic mass is 10.1. The van der Waals surface area contributed by atoms with Gasteiger partial charge in [-0.3, -0.25) is 4.79 Å². The average Bonchev–Trinajstić information content (AvgIpc) is 3.16. The van der Waals surface area contributed by atoms with Gasteiger partial charge < -0.3 is 15.2 Å². The van der Waals surface area contributed by atoms with Crippen molar-refractivity contribution < 1.29 is 9.32 Å². The van der Waals surface area contributed by atoms with Gasteiger partial charge in [-0.2, -0.15) is 4.98 Å². The highest BCUT2D eigenvalue weighted by atomic mass is 32.2. The zero-order valence-corrected chi connectivity index (χ0v) is 12.5. The second-order valence-corrected chi connectivity index (χ2v) is 5.86. The van der Waals surface area contributed by atoms with Crippen LogP contribution < -0.4 is 5.73 Å². The quantitative estimate of drug-likeness (QED) is 0.930. The highest BCUT2D eigenvalue weighted by molar-refractivity contribution is 7.99. The van der Waals surface area contributed by atoms with E-state index in [-0.39, 0.29) is 11.9 Å². The van der Waals surface area contributed by atoms with Gasteiger partial charge in [0.1, 0.15) is 6.04 Å². The molecule has 0 aliphatic carbocycles. The molecule has 21 heavy (non-hydrogen) atoms. The summed E-state index contributed by atoms with van der Waals surface area (Å²) in [6, 6.07) is 7.60. The van der Waals surface area contributed by atoms with Crippen molar-refractivity contribution in [2.75, 3.05) is 11.6 Å². The molecule has 1 aliphatic heterocycles. The van der Waals surface area contributed by atoms with E-state index in [1.54, 1.807) is 23.6 Å². The first kappa shape index (κ1) is 14.1. The Hall–Kier alpha value is -1.86. The summed E-state index contributed by atoms with van der Waals surface area (Å²) >= 11 is 1.69. The fourth-order valence-corrected chi connectivity index (χ4v) is 3.44. The van der Waals surface area contributed by atoms with Crippen molar-refractivity contribution in [2.45, 2.75) is 19.5 Å². The number of hydrogen-bond donors (Lipinski definition) is 1. The predicted molar refractivity (Wildman–Crippen MR) is 80.2 cm³/mol. The van der Waals surface area contributed by atoms with Crippen LogP contribution in [0.2, 0.25) is 0 Å². The number of hydrogen-bond acceptors (Lipinski definition) is 6. The lowest BCUT2D eigenvalue weighted by Gasteiger charge is -2.18. The topological polar surface area (TPSA) is 85.2 Å². The molecule has 1 atom stereocenters. The fourth-order valence-electron chi connectivity index (χ4n) is 2.24. The van der Waals surface area contributed by atoms with E-state index in [1.165, 1.54) is 0 Å². The molecule has 0 saturated carbocycles. The van der Waals surface area contributed by atoms with Gasteiger partial charge in [-0.25, -0.2) is 0 Å². The molecule has 2 heterocycles. The summed E-state index contributed by atoms with van der Waals surface area (Å²) in [5.74, 6) is 2.51. The maximum atomic E-state index is 11.6. The number of aromatic nitrogens is 2. The molecular formula is C14H16N4O2S. The number of carbonyl (C=O) groups excluding carboxylic acids is 1. The van der Waals surface area contributed by atoms with Crippen molar-refractivity contribution >= 4 is 17.7 Å². The summed E-state index contributed by atoms with van der Waals surface area (Å²) in [6.07, 6.45) is 0. The van der Waals surface area contributed by atoms with Crippen LogP contribution in [0.25, 0.3) is 11.4 Å². The maximum absolute atomic E-state index is 11.6. The Labute approximate surface area is 126 Å². The number of nitrogens with two attached hydrogens (primary N) is 1. The Kier molecular flexibility index (Phi) is 3.94. The van der Waals surface area contributed by atoms with Crippen LogP contribution in [0.15, 0.2) is 28.8 Å². The molecule has 2 aromatic rings. The molecule has 1 aromatic heterocycles. The highest BCUT2D eigenvalue weighted by Crippen LogP contribution is 2.33. The number of nitrogens with zero attached hydrogens (tertiary/aromatic N) is 3. The van der Waals surface area contributed by atoms with E-state index in [9.17, 15) is 4.79 Å². The lowest BCUT2D eigenvalue weighted by molar-refractivity contribution is -0.129. The number of benzene rings is 1. The van der Waals surface area contributed by atoms with Crippen molar-refractivity contribution in [1.82, 2.24) is 15.0 Å². The number of rotatable bonds is 3. The van der Waals surface area contributed by atoms with Crippen molar-refractivity contribution in [2.24, 2.45) is 5.73 Å². The summed E-state index contributed by atoms with van der Waals surface area (Å²) in [6.45, 7) is 2.06. The minimum absolute atomic E-state index is 0.0250. The van der Waals surface area contributed by atoms with E-state index in [0.29, 0.717) is 24.1 Å². The SMILES string of the molecule is CC(=O)N1CSCC1c1nc(-c2ccc(CN)cc2)no1. The van der Waals surface area contributed by atoms with E-state index < -0.39 is 0 Å². The molecule has 110 valence electrons. The molecule has 0 radical (unpaired) electrons. The van der Waals surface area contributed by atoms with Crippen LogP contribution in [-0.2, 0) is 11.3 Å². The van der Waals surface area contributed by atoms with Crippen LogP contribution in [-0.4, -0.2) is 32.6 Å². The van der Waals surface area contributed by atoms with E-state index in [0.717, 1.165) is 16.9 Å². The monoisotopic (exact) mass is 304 g/mol. The van der Waals surface area contributed by atoms with Crippen molar-refractivity contribution in [3.63, 3.8) is 0 Å². The fraction of sp³-hybridized carbons (Fsp3) is 0.357. The number of carbonyl (C=O) groups is 1. The number of thioether (sulfide) groups is 1. The summed E-state index contributed by atoms with van der Waals surface area (Å²) in [4.78, 5) is 17.8. The molecule has 0 bridgehead atoms. The van der Waals surface area contributed by atoms with Crippen LogP contribution in [0, 0.1) is 0 Å². The van der Waals surface area contributed by atoms with Crippen LogP contribution in [0.3, 0.4) is 0 Å². The molecule has 1 saturated heterocycles. The second kappa shape index (κ2) is 5.87. The minimum atomic E-state index is -0.128. The van der Waals surface area contributed by atoms with Crippen molar-refractivity contribution in [3.8, 4) is 11.4 Å². The molecule has 0 spiro atoms. The van der Waals surface area contributed by atoms with Gasteiger partial charge in [0.2, 0.25) is 11.7 Å². The van der Waals surface area contributed by atoms with Gasteiger partial charge in [0, 0.05) is 24.8 Å². The molecule has 1 aromatic carbocycles. The van der Waals surface area contributed by atoms with E-state index in [2.05, 4.69) is 10.1 Å². The van der Waals surface area contributed by atoms with E-state index in [4.69, 9.17) is 10.3 Å². The van der Waals surface area contributed by atoms with Gasteiger partial charge in [0.15, 0.2) is 0 Å². The third-order valence-electron chi connectivity index (χ3n) is 3.46. The molecule has 1 aliphatic rings. The third kappa shape index (κ3) is 2.79. The van der Waals surface area contributed by atoms with Crippen LogP contribution in [0.1, 0.15) is 24.4 Å². The molecule has 1 amide bonds. The van der Waals surface area contributed by atoms with E-state index >= 15 is 0 Å². The van der Waals surface area contributed by atoms with Gasteiger partial charge in [-0.15, -0.1) is 11.8 Å². The van der Waals surface area contributed by atoms with Gasteiger partial charge in [-0.1, -0.05) is 29.4 Å². The van der Waals surface area contributed by atoms with Gasteiger partial charge in [0.25, 0.3) is 5.89 Å². The Morgan fingerprint density at radius 3 is 2.90 bits per heavy atom. The minimum Gasteiger partial charge on any atom is -0.337 e. The van der Waals surface area contributed by atoms with Crippen molar-refractivity contribution in [3.05, 3.63) is 35.7 Å². The molecule has 3 rings (SSSR count). The number of amides is 1. The predicted octanol–water partition coefficient (Wildman–Crippen LogP) is 1.79. The zero-order valence-electron chi connectivity index (χ0n) is 11.7. The van der Waals surface area contributed by atoms with Gasteiger partial charge in [-0.05, 0) is 5.56 Å². The summed E-state index contributed by atoms with van der Waals surface area (Å²) in [5.41, 5.74) is 7.51. The molecule has 7 heteroatoms. The lowest BCUT2D eigenvalue weighted by Crippen LogP contribution is -2.28. The first-order valence-corrected chi connectivity index (χ1v) is 7.82. The summed E-state index contributed by atoms with van der Waals surface area (Å²) < 4.78 is 5.35. The van der Waals surface area contributed by atoms with E-state index in [1.807, 2.05) is 24.3 Å². The molecule has 2 N–H and O–H groups in total. The summed E-state index contributed by atoms with van der Waals surface area (Å²) in [7, 11) is 0. The van der Waals surface area contributed by atoms with Crippen LogP contribution in [0.4, 0.5) is 0 Å². The Morgan fingerprint density at radius 2 is 2.24 bits per heavy atom. The first-order chi connectivity index (χ1) is 10.2. The molecule has 1 unspecified atom stereocenters. The smallest absolute Gasteiger partial charge is 0.250 e. The molecule has 1 fully saturated rings. The highest BCUT2D eigenvalue weighted by Gasteiger charge is 2.32. The van der Waals surface area contributed by atoms with Crippen molar-refractivity contribution in [1.29, 1.82) is 0 Å².